The Hall–Kier alpha value is -1.36. The summed E-state index contributed by atoms with van der Waals surface area (Å²) in [5, 5.41) is 0. The maximum atomic E-state index is 12.5. The molecule has 0 unspecified atom stereocenters. The highest BCUT2D eigenvalue weighted by molar-refractivity contribution is 5.17. The zero-order chi connectivity index (χ0) is 14.5. The molecule has 0 radical (unpaired) electrons. The Morgan fingerprint density at radius 3 is 1.72 bits per heavy atom. The van der Waals surface area contributed by atoms with Gasteiger partial charge in [0, 0.05) is 16.8 Å². The summed E-state index contributed by atoms with van der Waals surface area (Å²) in [5.74, 6) is 0. The van der Waals surface area contributed by atoms with Crippen LogP contribution in [0.3, 0.4) is 0 Å². The lowest BCUT2D eigenvalue weighted by molar-refractivity contribution is 0.293. The van der Waals surface area contributed by atoms with Gasteiger partial charge in [-0.3, -0.25) is 9.36 Å². The molecule has 1 aromatic heterocycles. The monoisotopic (exact) mass is 253 g/mol. The van der Waals surface area contributed by atoms with Crippen molar-refractivity contribution in [3.05, 3.63) is 32.1 Å². The molecule has 0 saturated heterocycles. The van der Waals surface area contributed by atoms with Crippen LogP contribution < -0.4 is 17.0 Å². The normalized spacial score (nSPS) is 12.9. The van der Waals surface area contributed by atoms with Gasteiger partial charge < -0.3 is 5.73 Å². The summed E-state index contributed by atoms with van der Waals surface area (Å²) in [6, 6.07) is 0. The van der Waals surface area contributed by atoms with E-state index in [0.717, 1.165) is 4.57 Å². The number of hydrogen-bond acceptors (Lipinski definition) is 3. The van der Waals surface area contributed by atoms with Crippen molar-refractivity contribution in [2.45, 2.75) is 59.7 Å². The minimum atomic E-state index is -1.01. The number of nitrogens with two attached hydrogens (primary N) is 1. The molecule has 5 nitrogen and oxygen atoms in total. The topological polar surface area (TPSA) is 70.0 Å². The molecule has 1 heterocycles. The van der Waals surface area contributed by atoms with Crippen LogP contribution in [0.15, 0.2) is 9.59 Å². The van der Waals surface area contributed by atoms with E-state index in [-0.39, 0.29) is 11.2 Å². The fourth-order valence-corrected chi connectivity index (χ4v) is 2.12. The minimum Gasteiger partial charge on any atom is -0.309 e. The van der Waals surface area contributed by atoms with Gasteiger partial charge in [-0.25, -0.2) is 9.36 Å². The van der Waals surface area contributed by atoms with Crippen LogP contribution in [0.25, 0.3) is 0 Å². The summed E-state index contributed by atoms with van der Waals surface area (Å²) < 4.78 is 2.75. The molecule has 0 amide bonds. The summed E-state index contributed by atoms with van der Waals surface area (Å²) >= 11 is 0. The number of nitrogens with zero attached hydrogens (tertiary/aromatic N) is 2. The van der Waals surface area contributed by atoms with Crippen molar-refractivity contribution >= 4 is 0 Å². The molecule has 0 spiro atoms. The van der Waals surface area contributed by atoms with E-state index < -0.39 is 11.2 Å². The molecule has 0 bridgehead atoms. The summed E-state index contributed by atoms with van der Waals surface area (Å²) in [4.78, 5) is 24.7. The number of aromatic nitrogens is 2. The van der Waals surface area contributed by atoms with Gasteiger partial charge in [-0.05, 0) is 48.5 Å². The van der Waals surface area contributed by atoms with Gasteiger partial charge in [-0.2, -0.15) is 0 Å². The first-order valence-electron chi connectivity index (χ1n) is 6.04. The zero-order valence-electron chi connectivity index (χ0n) is 12.3. The Bertz CT molecular complexity index is 580. The van der Waals surface area contributed by atoms with Crippen molar-refractivity contribution in [2.75, 3.05) is 0 Å². The van der Waals surface area contributed by atoms with Crippen molar-refractivity contribution in [2.24, 2.45) is 5.73 Å². The molecule has 0 aromatic carbocycles. The lowest BCUT2D eigenvalue weighted by Crippen LogP contribution is -2.56. The highest BCUT2D eigenvalue weighted by Gasteiger charge is 2.27. The van der Waals surface area contributed by atoms with E-state index in [1.54, 1.807) is 32.3 Å². The molecule has 102 valence electrons. The molecule has 2 N–H and O–H groups in total. The molecule has 0 aliphatic rings. The van der Waals surface area contributed by atoms with Crippen LogP contribution in [0.1, 0.15) is 45.9 Å². The van der Waals surface area contributed by atoms with Gasteiger partial charge in [0.1, 0.15) is 0 Å². The van der Waals surface area contributed by atoms with E-state index >= 15 is 0 Å². The molecular weight excluding hydrogens is 230 g/mol. The number of hydrogen-bond donors (Lipinski definition) is 1. The first-order chi connectivity index (χ1) is 7.89. The highest BCUT2D eigenvalue weighted by Crippen LogP contribution is 2.15. The van der Waals surface area contributed by atoms with E-state index in [9.17, 15) is 9.59 Å². The second-order valence-corrected chi connectivity index (χ2v) is 6.29. The Labute approximate surface area is 107 Å². The average molecular weight is 253 g/mol. The van der Waals surface area contributed by atoms with Gasteiger partial charge in [-0.1, -0.05) is 0 Å². The van der Waals surface area contributed by atoms with Crippen molar-refractivity contribution < 1.29 is 0 Å². The van der Waals surface area contributed by atoms with Crippen LogP contribution in [0.4, 0.5) is 0 Å². The van der Waals surface area contributed by atoms with Gasteiger partial charge in [0.05, 0.1) is 5.66 Å². The number of rotatable bonds is 1. The summed E-state index contributed by atoms with van der Waals surface area (Å²) in [6.07, 6.45) is 0. The largest absolute Gasteiger partial charge is 0.333 e. The third-order valence-electron chi connectivity index (χ3n) is 3.03. The molecule has 0 aliphatic carbocycles. The van der Waals surface area contributed by atoms with Crippen molar-refractivity contribution in [3.8, 4) is 0 Å². The fraction of sp³-hybridized carbons (Fsp3) is 0.692. The van der Waals surface area contributed by atoms with Crippen molar-refractivity contribution in [1.29, 1.82) is 0 Å². The van der Waals surface area contributed by atoms with Crippen molar-refractivity contribution in [1.82, 2.24) is 9.13 Å². The van der Waals surface area contributed by atoms with E-state index in [2.05, 4.69) is 0 Å². The Balaban J connectivity index is 3.97. The van der Waals surface area contributed by atoms with Crippen LogP contribution in [0.2, 0.25) is 0 Å². The standard InChI is InChI=1S/C13H23N3O2/c1-8-9(2)15(12(3,4)5)11(18)16(10(8)17)13(6,7)14/h14H2,1-7H3. The summed E-state index contributed by atoms with van der Waals surface area (Å²) in [7, 11) is 0. The van der Waals surface area contributed by atoms with Crippen LogP contribution >= 0.6 is 0 Å². The Kier molecular flexibility index (Phi) is 3.34. The SMILES string of the molecule is Cc1c(C)n(C(C)(C)C)c(=O)n(C(C)(C)N)c1=O. The fourth-order valence-electron chi connectivity index (χ4n) is 2.12. The van der Waals surface area contributed by atoms with E-state index in [0.29, 0.717) is 11.3 Å². The molecule has 5 heteroatoms. The molecule has 0 aliphatic heterocycles. The maximum Gasteiger partial charge on any atom is 0.333 e. The van der Waals surface area contributed by atoms with Gasteiger partial charge in [0.2, 0.25) is 0 Å². The Morgan fingerprint density at radius 2 is 1.39 bits per heavy atom. The summed E-state index contributed by atoms with van der Waals surface area (Å²) in [6.45, 7) is 12.6. The molecule has 0 saturated carbocycles. The van der Waals surface area contributed by atoms with Crippen LogP contribution in [0.5, 0.6) is 0 Å². The summed E-state index contributed by atoms with van der Waals surface area (Å²) in [5.41, 5.74) is 5.11. The maximum absolute atomic E-state index is 12.5. The second kappa shape index (κ2) is 4.09. The molecule has 0 atom stereocenters. The first-order valence-corrected chi connectivity index (χ1v) is 6.04. The predicted molar refractivity (Wildman–Crippen MR) is 72.9 cm³/mol. The van der Waals surface area contributed by atoms with Gasteiger partial charge in [0.15, 0.2) is 0 Å². The third kappa shape index (κ3) is 2.27. The van der Waals surface area contributed by atoms with Gasteiger partial charge >= 0.3 is 5.69 Å². The van der Waals surface area contributed by atoms with Gasteiger partial charge in [0.25, 0.3) is 5.56 Å². The minimum absolute atomic E-state index is 0.314. The third-order valence-corrected chi connectivity index (χ3v) is 3.03. The van der Waals surface area contributed by atoms with E-state index in [1.807, 2.05) is 20.8 Å². The van der Waals surface area contributed by atoms with Crippen LogP contribution in [-0.2, 0) is 11.2 Å². The highest BCUT2D eigenvalue weighted by atomic mass is 16.2. The van der Waals surface area contributed by atoms with Gasteiger partial charge in [-0.15, -0.1) is 0 Å². The zero-order valence-corrected chi connectivity index (χ0v) is 12.3. The van der Waals surface area contributed by atoms with Crippen molar-refractivity contribution in [3.63, 3.8) is 0 Å². The van der Waals surface area contributed by atoms with Crippen LogP contribution in [-0.4, -0.2) is 9.13 Å². The predicted octanol–water partition coefficient (Wildman–Crippen LogP) is 1.03. The molecule has 1 aromatic rings. The van der Waals surface area contributed by atoms with E-state index in [4.69, 9.17) is 5.73 Å². The molecule has 1 rings (SSSR count). The average Bonchev–Trinajstić information content (AvgIpc) is 2.09. The second-order valence-electron chi connectivity index (χ2n) is 6.29. The molecule has 18 heavy (non-hydrogen) atoms. The lowest BCUT2D eigenvalue weighted by Gasteiger charge is -2.30. The van der Waals surface area contributed by atoms with Crippen LogP contribution in [0, 0.1) is 13.8 Å². The smallest absolute Gasteiger partial charge is 0.309 e. The Morgan fingerprint density at radius 1 is 0.944 bits per heavy atom. The first kappa shape index (κ1) is 14.7. The van der Waals surface area contributed by atoms with E-state index in [1.165, 1.54) is 0 Å². The molecular formula is C13H23N3O2. The molecule has 0 fully saturated rings. The lowest BCUT2D eigenvalue weighted by atomic mass is 10.1. The quantitative estimate of drug-likeness (QED) is 0.812.